The van der Waals surface area contributed by atoms with Crippen molar-refractivity contribution in [2.75, 3.05) is 0 Å². The van der Waals surface area contributed by atoms with Crippen molar-refractivity contribution in [1.82, 2.24) is 15.5 Å². The standard InChI is InChI=1S/C26H26FN3O4/c1-15(2)18-7-3-16(4-8-18)6-12-23(31)28-22(26(32)33)14-17-5-11-20(21(27)13-17)24-29-25(34-30-24)19-9-10-19/h3-8,11-13,15,19,22H,9-10,14H2,1-2H3,(H,28,31)(H,32,33)/b12-6+. The lowest BCUT2D eigenvalue weighted by atomic mass is 10.0. The number of carbonyl (C=O) groups excluding carboxylic acids is 1. The molecule has 1 unspecified atom stereocenters. The molecule has 1 atom stereocenters. The number of hydrogen-bond donors (Lipinski definition) is 2. The van der Waals surface area contributed by atoms with Crippen molar-refractivity contribution < 1.29 is 23.6 Å². The van der Waals surface area contributed by atoms with E-state index < -0.39 is 23.7 Å². The Morgan fingerprint density at radius 3 is 2.56 bits per heavy atom. The van der Waals surface area contributed by atoms with Crippen molar-refractivity contribution in [2.45, 2.75) is 51.0 Å². The molecule has 0 spiro atoms. The zero-order valence-corrected chi connectivity index (χ0v) is 19.0. The average Bonchev–Trinajstić information content (AvgIpc) is 3.54. The SMILES string of the molecule is CC(C)c1ccc(/C=C/C(=O)NC(Cc2ccc(-c3noc(C4CC4)n3)c(F)c2)C(=O)O)cc1. The second kappa shape index (κ2) is 9.99. The second-order valence-electron chi connectivity index (χ2n) is 8.80. The monoisotopic (exact) mass is 463 g/mol. The molecule has 0 radical (unpaired) electrons. The van der Waals surface area contributed by atoms with Crippen LogP contribution in [-0.4, -0.2) is 33.2 Å². The fourth-order valence-corrected chi connectivity index (χ4v) is 3.53. The number of aromatic nitrogens is 2. The maximum atomic E-state index is 14.7. The highest BCUT2D eigenvalue weighted by Gasteiger charge is 2.30. The largest absolute Gasteiger partial charge is 0.480 e. The van der Waals surface area contributed by atoms with Crippen LogP contribution < -0.4 is 5.32 Å². The number of benzene rings is 2. The Hall–Kier alpha value is -3.81. The summed E-state index contributed by atoms with van der Waals surface area (Å²) in [6.45, 7) is 4.19. The number of rotatable bonds is 9. The minimum atomic E-state index is -1.21. The van der Waals surface area contributed by atoms with Crippen molar-refractivity contribution in [1.29, 1.82) is 0 Å². The lowest BCUT2D eigenvalue weighted by Crippen LogP contribution is -2.41. The number of carboxylic acids is 1. The van der Waals surface area contributed by atoms with E-state index in [1.54, 1.807) is 12.1 Å². The third-order valence-electron chi connectivity index (χ3n) is 5.73. The van der Waals surface area contributed by atoms with E-state index in [2.05, 4.69) is 29.3 Å². The normalized spacial score (nSPS) is 14.5. The van der Waals surface area contributed by atoms with Crippen LogP contribution in [0, 0.1) is 5.82 Å². The van der Waals surface area contributed by atoms with Gasteiger partial charge in [0.1, 0.15) is 11.9 Å². The van der Waals surface area contributed by atoms with Gasteiger partial charge in [-0.25, -0.2) is 9.18 Å². The molecule has 34 heavy (non-hydrogen) atoms. The van der Waals surface area contributed by atoms with E-state index in [9.17, 15) is 19.1 Å². The lowest BCUT2D eigenvalue weighted by Gasteiger charge is -2.14. The summed E-state index contributed by atoms with van der Waals surface area (Å²) >= 11 is 0. The molecule has 176 valence electrons. The van der Waals surface area contributed by atoms with Crippen molar-refractivity contribution in [3.63, 3.8) is 0 Å². The summed E-state index contributed by atoms with van der Waals surface area (Å²) in [6.07, 6.45) is 4.82. The zero-order chi connectivity index (χ0) is 24.2. The fourth-order valence-electron chi connectivity index (χ4n) is 3.53. The van der Waals surface area contributed by atoms with Gasteiger partial charge in [0.05, 0.1) is 5.56 Å². The van der Waals surface area contributed by atoms with Gasteiger partial charge >= 0.3 is 5.97 Å². The summed E-state index contributed by atoms with van der Waals surface area (Å²) in [6, 6.07) is 10.9. The number of aliphatic carboxylic acids is 1. The van der Waals surface area contributed by atoms with Crippen LogP contribution in [0.15, 0.2) is 53.1 Å². The number of carbonyl (C=O) groups is 2. The first-order valence-corrected chi connectivity index (χ1v) is 11.2. The Labute approximate surface area is 196 Å². The van der Waals surface area contributed by atoms with Crippen LogP contribution in [0.4, 0.5) is 4.39 Å². The second-order valence-corrected chi connectivity index (χ2v) is 8.80. The van der Waals surface area contributed by atoms with E-state index in [-0.39, 0.29) is 23.7 Å². The molecule has 3 aromatic rings. The molecule has 1 aliphatic rings. The molecule has 1 amide bonds. The Morgan fingerprint density at radius 2 is 1.94 bits per heavy atom. The lowest BCUT2D eigenvalue weighted by molar-refractivity contribution is -0.141. The minimum absolute atomic E-state index is 0.0746. The third-order valence-corrected chi connectivity index (χ3v) is 5.73. The third kappa shape index (κ3) is 5.75. The maximum Gasteiger partial charge on any atom is 0.326 e. The topological polar surface area (TPSA) is 105 Å². The van der Waals surface area contributed by atoms with Gasteiger partial charge in [-0.1, -0.05) is 49.3 Å². The van der Waals surface area contributed by atoms with Crippen LogP contribution in [-0.2, 0) is 16.0 Å². The summed E-state index contributed by atoms with van der Waals surface area (Å²) in [5.74, 6) is -0.991. The molecule has 0 aliphatic heterocycles. The van der Waals surface area contributed by atoms with Gasteiger partial charge < -0.3 is 14.9 Å². The number of nitrogens with zero attached hydrogens (tertiary/aromatic N) is 2. The summed E-state index contributed by atoms with van der Waals surface area (Å²) in [5.41, 5.74) is 2.62. The van der Waals surface area contributed by atoms with E-state index in [4.69, 9.17) is 4.52 Å². The molecule has 7 nitrogen and oxygen atoms in total. The number of carboxylic acid groups (broad SMARTS) is 1. The van der Waals surface area contributed by atoms with Gasteiger partial charge in [-0.3, -0.25) is 4.79 Å². The van der Waals surface area contributed by atoms with Gasteiger partial charge in [0.2, 0.25) is 17.6 Å². The summed E-state index contributed by atoms with van der Waals surface area (Å²) in [7, 11) is 0. The Morgan fingerprint density at radius 1 is 1.21 bits per heavy atom. The zero-order valence-electron chi connectivity index (χ0n) is 19.0. The molecule has 1 heterocycles. The van der Waals surface area contributed by atoms with E-state index in [0.29, 0.717) is 17.4 Å². The van der Waals surface area contributed by atoms with Crippen molar-refractivity contribution in [3.05, 3.63) is 76.9 Å². The first-order valence-electron chi connectivity index (χ1n) is 11.2. The Balaban J connectivity index is 1.39. The molecule has 2 aromatic carbocycles. The van der Waals surface area contributed by atoms with Gasteiger partial charge in [-0.05, 0) is 53.7 Å². The predicted molar refractivity (Wildman–Crippen MR) is 125 cm³/mol. The molecule has 8 heteroatoms. The number of halogens is 1. The summed E-state index contributed by atoms with van der Waals surface area (Å²) in [4.78, 5) is 28.2. The maximum absolute atomic E-state index is 14.7. The first-order chi connectivity index (χ1) is 16.3. The van der Waals surface area contributed by atoms with Gasteiger partial charge in [0.15, 0.2) is 0 Å². The fraction of sp³-hybridized carbons (Fsp3) is 0.308. The van der Waals surface area contributed by atoms with Crippen molar-refractivity contribution in [3.8, 4) is 11.4 Å². The number of nitrogens with one attached hydrogen (secondary N) is 1. The molecule has 0 bridgehead atoms. The van der Waals surface area contributed by atoms with Crippen LogP contribution in [0.3, 0.4) is 0 Å². The van der Waals surface area contributed by atoms with Crippen LogP contribution in [0.5, 0.6) is 0 Å². The average molecular weight is 464 g/mol. The molecule has 2 N–H and O–H groups in total. The predicted octanol–water partition coefficient (Wildman–Crippen LogP) is 4.70. The van der Waals surface area contributed by atoms with E-state index >= 15 is 0 Å². The molecule has 0 saturated heterocycles. The molecule has 1 fully saturated rings. The quantitative estimate of drug-likeness (QED) is 0.446. The number of hydrogen-bond acceptors (Lipinski definition) is 5. The van der Waals surface area contributed by atoms with E-state index in [1.165, 1.54) is 23.8 Å². The minimum Gasteiger partial charge on any atom is -0.480 e. The first kappa shape index (κ1) is 23.4. The highest BCUT2D eigenvalue weighted by Crippen LogP contribution is 2.39. The van der Waals surface area contributed by atoms with Gasteiger partial charge in [-0.2, -0.15) is 4.98 Å². The van der Waals surface area contributed by atoms with E-state index in [0.717, 1.165) is 18.4 Å². The van der Waals surface area contributed by atoms with Crippen molar-refractivity contribution in [2.24, 2.45) is 0 Å². The van der Waals surface area contributed by atoms with Gasteiger partial charge in [0.25, 0.3) is 0 Å². The highest BCUT2D eigenvalue weighted by atomic mass is 19.1. The van der Waals surface area contributed by atoms with Crippen LogP contribution in [0.2, 0.25) is 0 Å². The molecule has 1 saturated carbocycles. The van der Waals surface area contributed by atoms with Crippen molar-refractivity contribution >= 4 is 18.0 Å². The van der Waals surface area contributed by atoms with Gasteiger partial charge in [-0.15, -0.1) is 0 Å². The van der Waals surface area contributed by atoms with E-state index in [1.807, 2.05) is 24.3 Å². The Kier molecular flexibility index (Phi) is 6.86. The molecule has 1 aliphatic carbocycles. The smallest absolute Gasteiger partial charge is 0.326 e. The Bertz CT molecular complexity index is 1210. The van der Waals surface area contributed by atoms with Crippen LogP contribution in [0.25, 0.3) is 17.5 Å². The summed E-state index contributed by atoms with van der Waals surface area (Å²) < 4.78 is 19.9. The molecule has 4 rings (SSSR count). The van der Waals surface area contributed by atoms with Crippen LogP contribution in [0.1, 0.15) is 61.1 Å². The van der Waals surface area contributed by atoms with Crippen LogP contribution >= 0.6 is 0 Å². The van der Waals surface area contributed by atoms with Gasteiger partial charge in [0, 0.05) is 18.4 Å². The number of amides is 1. The molecular weight excluding hydrogens is 437 g/mol. The molecular formula is C26H26FN3O4. The summed E-state index contributed by atoms with van der Waals surface area (Å²) in [5, 5.41) is 15.9. The highest BCUT2D eigenvalue weighted by molar-refractivity contribution is 5.94. The molecule has 1 aromatic heterocycles.